The van der Waals surface area contributed by atoms with Crippen molar-refractivity contribution < 1.29 is 19.5 Å². The number of halogens is 1. The number of nitrogens with zero attached hydrogens (tertiary/aromatic N) is 2. The molecule has 2 N–H and O–H groups in total. The van der Waals surface area contributed by atoms with Crippen LogP contribution in [0.1, 0.15) is 20.7 Å². The quantitative estimate of drug-likeness (QED) is 0.459. The zero-order chi connectivity index (χ0) is 19.9. The molecule has 0 saturated carbocycles. The number of hydrogen-bond acceptors (Lipinski definition) is 6. The number of anilines is 1. The van der Waals surface area contributed by atoms with Gasteiger partial charge in [0.05, 0.1) is 22.0 Å². The first-order chi connectivity index (χ1) is 13.5. The Morgan fingerprint density at radius 1 is 0.929 bits per heavy atom. The molecule has 1 amide bonds. The lowest BCUT2D eigenvalue weighted by Crippen LogP contribution is -2.11. The molecule has 0 aliphatic rings. The molecule has 7 nitrogen and oxygen atoms in total. The number of benzene rings is 3. The van der Waals surface area contributed by atoms with Gasteiger partial charge in [0.2, 0.25) is 0 Å². The SMILES string of the molecule is O=C(N=Nc1ccc(NOC(=O)c2ccccc2Cl)cc1)c1ccc(O)cc1. The fourth-order valence-electron chi connectivity index (χ4n) is 2.15. The van der Waals surface area contributed by atoms with Crippen molar-refractivity contribution in [2.75, 3.05) is 5.48 Å². The summed E-state index contributed by atoms with van der Waals surface area (Å²) < 4.78 is 0. The Hall–Kier alpha value is -3.71. The predicted molar refractivity (Wildman–Crippen MR) is 104 cm³/mol. The predicted octanol–water partition coefficient (Wildman–Crippen LogP) is 5.15. The molecule has 0 fully saturated rings. The molecule has 3 aromatic rings. The monoisotopic (exact) mass is 395 g/mol. The van der Waals surface area contributed by atoms with Crippen LogP contribution in [0.2, 0.25) is 5.02 Å². The maximum absolute atomic E-state index is 12.0. The molecule has 8 heteroatoms. The van der Waals surface area contributed by atoms with Crippen molar-refractivity contribution in [3.8, 4) is 5.75 Å². The molecule has 0 bridgehead atoms. The maximum atomic E-state index is 12.0. The van der Waals surface area contributed by atoms with E-state index in [9.17, 15) is 14.7 Å². The Kier molecular flexibility index (Phi) is 5.98. The third-order valence-electron chi connectivity index (χ3n) is 3.59. The fraction of sp³-hybridized carbons (Fsp3) is 0. The second-order valence-corrected chi connectivity index (χ2v) is 5.98. The molecule has 0 radical (unpaired) electrons. The van der Waals surface area contributed by atoms with Gasteiger partial charge >= 0.3 is 5.97 Å². The van der Waals surface area contributed by atoms with Crippen LogP contribution in [0.5, 0.6) is 5.75 Å². The van der Waals surface area contributed by atoms with E-state index >= 15 is 0 Å². The standard InChI is InChI=1S/C20H14ClN3O4/c21-18-4-2-1-3-17(18)20(27)28-24-15-9-7-14(8-10-15)22-23-19(26)13-5-11-16(25)12-6-13/h1-12,24-25H. The molecule has 0 saturated heterocycles. The van der Waals surface area contributed by atoms with Gasteiger partial charge in [-0.1, -0.05) is 23.7 Å². The maximum Gasteiger partial charge on any atom is 0.364 e. The van der Waals surface area contributed by atoms with Crippen LogP contribution in [0.25, 0.3) is 0 Å². The van der Waals surface area contributed by atoms with Crippen molar-refractivity contribution in [1.29, 1.82) is 0 Å². The van der Waals surface area contributed by atoms with Gasteiger partial charge in [-0.25, -0.2) is 10.3 Å². The zero-order valence-electron chi connectivity index (χ0n) is 14.4. The Morgan fingerprint density at radius 3 is 2.29 bits per heavy atom. The minimum atomic E-state index is -0.617. The summed E-state index contributed by atoms with van der Waals surface area (Å²) >= 11 is 5.94. The van der Waals surface area contributed by atoms with Gasteiger partial charge in [-0.3, -0.25) is 4.79 Å². The lowest BCUT2D eigenvalue weighted by atomic mass is 10.2. The molecule has 0 unspecified atom stereocenters. The largest absolute Gasteiger partial charge is 0.508 e. The minimum Gasteiger partial charge on any atom is -0.508 e. The van der Waals surface area contributed by atoms with Crippen LogP contribution in [0.3, 0.4) is 0 Å². The van der Waals surface area contributed by atoms with Crippen molar-refractivity contribution in [3.05, 3.63) is 88.9 Å². The lowest BCUT2D eigenvalue weighted by molar-refractivity contribution is 0.0596. The number of aromatic hydroxyl groups is 1. The van der Waals surface area contributed by atoms with E-state index in [4.69, 9.17) is 16.4 Å². The molecule has 3 rings (SSSR count). The Bertz CT molecular complexity index is 1020. The Balaban J connectivity index is 1.57. The van der Waals surface area contributed by atoms with Crippen molar-refractivity contribution in [1.82, 2.24) is 0 Å². The molecule has 3 aromatic carbocycles. The number of phenolic OH excluding ortho intramolecular Hbond substituents is 1. The third-order valence-corrected chi connectivity index (χ3v) is 3.92. The molecule has 0 aliphatic carbocycles. The first kappa shape index (κ1) is 19.1. The first-order valence-electron chi connectivity index (χ1n) is 8.10. The summed E-state index contributed by atoms with van der Waals surface area (Å²) in [4.78, 5) is 28.9. The van der Waals surface area contributed by atoms with E-state index in [1.54, 1.807) is 48.5 Å². The number of azo groups is 1. The average Bonchev–Trinajstić information content (AvgIpc) is 2.72. The van der Waals surface area contributed by atoms with Crippen molar-refractivity contribution in [2.45, 2.75) is 0 Å². The average molecular weight is 396 g/mol. The Morgan fingerprint density at radius 2 is 1.61 bits per heavy atom. The normalized spacial score (nSPS) is 10.6. The Labute approximate surface area is 165 Å². The topological polar surface area (TPSA) is 100 Å². The summed E-state index contributed by atoms with van der Waals surface area (Å²) in [6, 6.07) is 18.7. The minimum absolute atomic E-state index is 0.0619. The van der Waals surface area contributed by atoms with E-state index in [1.807, 2.05) is 0 Å². The van der Waals surface area contributed by atoms with Crippen molar-refractivity contribution in [3.63, 3.8) is 0 Å². The van der Waals surface area contributed by atoms with Gasteiger partial charge in [0, 0.05) is 5.56 Å². The number of phenols is 1. The summed E-state index contributed by atoms with van der Waals surface area (Å²) in [5.41, 5.74) is 4.02. The van der Waals surface area contributed by atoms with E-state index in [1.165, 1.54) is 24.3 Å². The van der Waals surface area contributed by atoms with Gasteiger partial charge in [0.15, 0.2) is 0 Å². The van der Waals surface area contributed by atoms with Crippen LogP contribution in [0.15, 0.2) is 83.0 Å². The van der Waals surface area contributed by atoms with Crippen molar-refractivity contribution in [2.24, 2.45) is 10.2 Å². The highest BCUT2D eigenvalue weighted by Crippen LogP contribution is 2.19. The number of nitrogens with one attached hydrogen (secondary N) is 1. The van der Waals surface area contributed by atoms with Gasteiger partial charge in [0.1, 0.15) is 5.75 Å². The van der Waals surface area contributed by atoms with E-state index in [-0.39, 0.29) is 11.3 Å². The molecule has 140 valence electrons. The molecule has 0 aliphatic heterocycles. The summed E-state index contributed by atoms with van der Waals surface area (Å²) in [7, 11) is 0. The van der Waals surface area contributed by atoms with E-state index in [0.29, 0.717) is 22.0 Å². The second-order valence-electron chi connectivity index (χ2n) is 5.57. The van der Waals surface area contributed by atoms with Gasteiger partial charge in [-0.05, 0) is 60.7 Å². The number of carbonyl (C=O) groups excluding carboxylic acids is 2. The first-order valence-corrected chi connectivity index (χ1v) is 8.47. The van der Waals surface area contributed by atoms with Crippen molar-refractivity contribution >= 4 is 34.9 Å². The summed E-state index contributed by atoms with van der Waals surface area (Å²) in [6.45, 7) is 0. The molecular formula is C20H14ClN3O4. The smallest absolute Gasteiger partial charge is 0.364 e. The van der Waals surface area contributed by atoms with Gasteiger partial charge in [-0.15, -0.1) is 10.2 Å². The lowest BCUT2D eigenvalue weighted by Gasteiger charge is -2.07. The van der Waals surface area contributed by atoms with Crippen LogP contribution in [0, 0.1) is 0 Å². The van der Waals surface area contributed by atoms with E-state index in [2.05, 4.69) is 15.7 Å². The highest BCUT2D eigenvalue weighted by Gasteiger charge is 2.11. The van der Waals surface area contributed by atoms with Crippen LogP contribution >= 0.6 is 11.6 Å². The number of amides is 1. The summed E-state index contributed by atoms with van der Waals surface area (Å²) in [5.74, 6) is -1.09. The molecule has 0 spiro atoms. The summed E-state index contributed by atoms with van der Waals surface area (Å²) in [6.07, 6.45) is 0. The second kappa shape index (κ2) is 8.79. The van der Waals surface area contributed by atoms with E-state index in [0.717, 1.165) is 0 Å². The van der Waals surface area contributed by atoms with Crippen LogP contribution in [0.4, 0.5) is 11.4 Å². The molecular weight excluding hydrogens is 382 g/mol. The molecule has 0 atom stereocenters. The fourth-order valence-corrected chi connectivity index (χ4v) is 2.36. The molecule has 0 aromatic heterocycles. The summed E-state index contributed by atoms with van der Waals surface area (Å²) in [5, 5.41) is 17.0. The van der Waals surface area contributed by atoms with Crippen LogP contribution in [-0.4, -0.2) is 17.0 Å². The van der Waals surface area contributed by atoms with Gasteiger partial charge in [-0.2, -0.15) is 0 Å². The molecule has 28 heavy (non-hydrogen) atoms. The highest BCUT2D eigenvalue weighted by molar-refractivity contribution is 6.33. The number of hydrogen-bond donors (Lipinski definition) is 2. The van der Waals surface area contributed by atoms with Crippen LogP contribution < -0.4 is 5.48 Å². The van der Waals surface area contributed by atoms with Gasteiger partial charge < -0.3 is 9.94 Å². The van der Waals surface area contributed by atoms with E-state index < -0.39 is 11.9 Å². The van der Waals surface area contributed by atoms with Gasteiger partial charge in [0.25, 0.3) is 5.91 Å². The third kappa shape index (κ3) is 4.93. The molecule has 0 heterocycles. The van der Waals surface area contributed by atoms with Crippen LogP contribution in [-0.2, 0) is 4.84 Å². The number of rotatable bonds is 5. The highest BCUT2D eigenvalue weighted by atomic mass is 35.5. The zero-order valence-corrected chi connectivity index (χ0v) is 15.1. The number of carbonyl (C=O) groups is 2.